The number of methoxy groups -OCH3 is 1. The molecule has 0 amide bonds. The standard InChI is InChI=1S/C14H13NO.2ClH.Pd/c1-16-14-10-6-5-7-12(14)11-15-13-8-3-2-4-9-13;;;/h2-11H,1H3;2*1H;/q;;;+2/p-2. The molecule has 0 saturated heterocycles. The Morgan fingerprint density at radius 1 is 1.00 bits per heavy atom. The summed E-state index contributed by atoms with van der Waals surface area (Å²) in [5.41, 5.74) is 1.92. The zero-order chi connectivity index (χ0) is 13.9. The first-order valence-corrected chi connectivity index (χ1v) is 9.36. The summed E-state index contributed by atoms with van der Waals surface area (Å²) >= 11 is -0.106. The van der Waals surface area contributed by atoms with Crippen LogP contribution < -0.4 is 4.74 Å². The van der Waals surface area contributed by atoms with Crippen LogP contribution in [0.25, 0.3) is 0 Å². The molecule has 0 radical (unpaired) electrons. The fraction of sp³-hybridized carbons (Fsp3) is 0.0714. The van der Waals surface area contributed by atoms with E-state index < -0.39 is 0 Å². The molecule has 2 rings (SSSR count). The van der Waals surface area contributed by atoms with Gasteiger partial charge in [-0.05, 0) is 24.3 Å². The van der Waals surface area contributed by atoms with Gasteiger partial charge in [0.1, 0.15) is 5.75 Å². The minimum atomic E-state index is -0.106. The average Bonchev–Trinajstić information content (AvgIpc) is 2.47. The zero-order valence-electron chi connectivity index (χ0n) is 10.2. The average molecular weight is 389 g/mol. The van der Waals surface area contributed by atoms with Crippen LogP contribution >= 0.6 is 19.1 Å². The van der Waals surface area contributed by atoms with Crippen molar-refractivity contribution in [3.05, 3.63) is 60.2 Å². The molecule has 0 saturated carbocycles. The van der Waals surface area contributed by atoms with Crippen molar-refractivity contribution in [2.45, 2.75) is 0 Å². The number of nitrogens with zero attached hydrogens (tertiary/aromatic N) is 1. The van der Waals surface area contributed by atoms with Crippen LogP contribution in [-0.2, 0) is 15.9 Å². The number of aliphatic imine (C=N–C) groups is 1. The van der Waals surface area contributed by atoms with Crippen LogP contribution in [0.4, 0.5) is 5.69 Å². The van der Waals surface area contributed by atoms with Crippen LogP contribution in [0.15, 0.2) is 59.6 Å². The van der Waals surface area contributed by atoms with E-state index in [0.717, 1.165) is 17.0 Å². The van der Waals surface area contributed by atoms with Gasteiger partial charge >= 0.3 is 35.0 Å². The van der Waals surface area contributed by atoms with Gasteiger partial charge in [0.25, 0.3) is 0 Å². The first kappa shape index (κ1) is 16.2. The van der Waals surface area contributed by atoms with Gasteiger partial charge in [-0.3, -0.25) is 4.99 Å². The summed E-state index contributed by atoms with van der Waals surface area (Å²) in [6, 6.07) is 17.6. The van der Waals surface area contributed by atoms with E-state index in [0.29, 0.717) is 0 Å². The predicted molar refractivity (Wildman–Crippen MR) is 78.4 cm³/mol. The Morgan fingerprint density at radius 3 is 2.21 bits per heavy atom. The van der Waals surface area contributed by atoms with Crippen molar-refractivity contribution in [1.82, 2.24) is 0 Å². The van der Waals surface area contributed by atoms with Gasteiger partial charge in [-0.25, -0.2) is 0 Å². The third-order valence-electron chi connectivity index (χ3n) is 2.25. The Balaban J connectivity index is 0.000000550. The summed E-state index contributed by atoms with van der Waals surface area (Å²) in [7, 11) is 11.3. The Hall–Kier alpha value is -0.848. The first-order chi connectivity index (χ1) is 9.31. The molecule has 0 heterocycles. The van der Waals surface area contributed by atoms with Gasteiger partial charge < -0.3 is 4.74 Å². The third-order valence-corrected chi connectivity index (χ3v) is 2.25. The van der Waals surface area contributed by atoms with Crippen molar-refractivity contribution in [1.29, 1.82) is 0 Å². The van der Waals surface area contributed by atoms with Gasteiger partial charge in [0.15, 0.2) is 0 Å². The molecule has 0 bridgehead atoms. The van der Waals surface area contributed by atoms with E-state index in [1.807, 2.05) is 60.8 Å². The van der Waals surface area contributed by atoms with E-state index in [-0.39, 0.29) is 15.9 Å². The summed E-state index contributed by atoms with van der Waals surface area (Å²) in [6.07, 6.45) is 1.81. The number of rotatable bonds is 3. The molecule has 19 heavy (non-hydrogen) atoms. The van der Waals surface area contributed by atoms with Crippen molar-refractivity contribution in [3.8, 4) is 5.75 Å². The molecule has 0 unspecified atom stereocenters. The second kappa shape index (κ2) is 10.0. The van der Waals surface area contributed by atoms with Crippen molar-refractivity contribution in [2.24, 2.45) is 4.99 Å². The van der Waals surface area contributed by atoms with Gasteiger partial charge in [0.2, 0.25) is 0 Å². The van der Waals surface area contributed by atoms with E-state index >= 15 is 0 Å². The maximum atomic E-state index is 5.24. The monoisotopic (exact) mass is 387 g/mol. The van der Waals surface area contributed by atoms with Crippen LogP contribution in [0.3, 0.4) is 0 Å². The van der Waals surface area contributed by atoms with Gasteiger partial charge in [0.05, 0.1) is 12.8 Å². The fourth-order valence-corrected chi connectivity index (χ4v) is 1.43. The van der Waals surface area contributed by atoms with Crippen molar-refractivity contribution < 1.29 is 20.7 Å². The molecule has 0 aromatic heterocycles. The fourth-order valence-electron chi connectivity index (χ4n) is 1.43. The van der Waals surface area contributed by atoms with E-state index in [2.05, 4.69) is 4.99 Å². The van der Waals surface area contributed by atoms with Gasteiger partial charge in [0, 0.05) is 11.8 Å². The second-order valence-electron chi connectivity index (χ2n) is 3.38. The Kier molecular flexibility index (Phi) is 8.53. The minimum absolute atomic E-state index is 0.106. The zero-order valence-corrected chi connectivity index (χ0v) is 13.3. The van der Waals surface area contributed by atoms with E-state index in [1.165, 1.54) is 0 Å². The second-order valence-corrected chi connectivity index (χ2v) is 5.74. The molecule has 0 atom stereocenters. The quantitative estimate of drug-likeness (QED) is 0.545. The molecular formula is C14H13Cl2NOPd. The first-order valence-electron chi connectivity index (χ1n) is 5.36. The summed E-state index contributed by atoms with van der Waals surface area (Å²) in [6.45, 7) is 0. The SMILES string of the molecule is COc1ccccc1C=Nc1ccccc1.[Cl][Pd][Cl]. The molecule has 5 heteroatoms. The summed E-state index contributed by atoms with van der Waals surface area (Å²) in [5.74, 6) is 0.835. The van der Waals surface area contributed by atoms with Gasteiger partial charge in [-0.15, -0.1) is 0 Å². The number of hydrogen-bond acceptors (Lipinski definition) is 2. The molecule has 0 N–H and O–H groups in total. The predicted octanol–water partition coefficient (Wildman–Crippen LogP) is 4.82. The van der Waals surface area contributed by atoms with Gasteiger partial charge in [-0.1, -0.05) is 30.3 Å². The third kappa shape index (κ3) is 6.22. The summed E-state index contributed by atoms with van der Waals surface area (Å²) in [5, 5.41) is 0. The maximum absolute atomic E-state index is 5.24. The molecule has 0 aliphatic carbocycles. The van der Waals surface area contributed by atoms with Crippen LogP contribution in [0.5, 0.6) is 5.75 Å². The molecular weight excluding hydrogens is 375 g/mol. The van der Waals surface area contributed by atoms with Crippen molar-refractivity contribution in [2.75, 3.05) is 7.11 Å². The Morgan fingerprint density at radius 2 is 1.58 bits per heavy atom. The van der Waals surface area contributed by atoms with Gasteiger partial charge in [-0.2, -0.15) is 0 Å². The van der Waals surface area contributed by atoms with Crippen LogP contribution in [0.2, 0.25) is 0 Å². The molecule has 0 fully saturated rings. The molecule has 2 nitrogen and oxygen atoms in total. The number of hydrogen-bond donors (Lipinski definition) is 0. The van der Waals surface area contributed by atoms with Crippen LogP contribution in [0.1, 0.15) is 5.56 Å². The van der Waals surface area contributed by atoms with Crippen LogP contribution in [0, 0.1) is 0 Å². The van der Waals surface area contributed by atoms with E-state index in [1.54, 1.807) is 7.11 Å². The molecule has 2 aromatic carbocycles. The molecule has 2 aromatic rings. The topological polar surface area (TPSA) is 21.6 Å². The molecule has 0 spiro atoms. The summed E-state index contributed by atoms with van der Waals surface area (Å²) in [4.78, 5) is 4.38. The van der Waals surface area contributed by atoms with E-state index in [9.17, 15) is 0 Å². The van der Waals surface area contributed by atoms with Crippen molar-refractivity contribution in [3.63, 3.8) is 0 Å². The number of ether oxygens (including phenoxy) is 1. The van der Waals surface area contributed by atoms with E-state index in [4.69, 9.17) is 23.8 Å². The molecule has 0 aliphatic rings. The normalized spacial score (nSPS) is 10.1. The number of benzene rings is 2. The Labute approximate surface area is 129 Å². The molecule has 0 aliphatic heterocycles. The van der Waals surface area contributed by atoms with Crippen LogP contribution in [-0.4, -0.2) is 13.3 Å². The van der Waals surface area contributed by atoms with Crippen molar-refractivity contribution >= 4 is 31.0 Å². The Bertz CT molecular complexity index is 506. The molecule has 104 valence electrons. The number of para-hydroxylation sites is 2. The number of halogens is 2. The summed E-state index contributed by atoms with van der Waals surface area (Å²) < 4.78 is 5.24.